The first-order valence-corrected chi connectivity index (χ1v) is 5.46. The average molecular weight is 231 g/mol. The van der Waals surface area contributed by atoms with E-state index < -0.39 is 5.97 Å². The molecule has 1 aliphatic rings. The minimum Gasteiger partial charge on any atom is -0.481 e. The van der Waals surface area contributed by atoms with Crippen LogP contribution in [0.2, 0.25) is 0 Å². The molecule has 1 aromatic rings. The van der Waals surface area contributed by atoms with Crippen molar-refractivity contribution in [3.8, 4) is 0 Å². The lowest BCUT2D eigenvalue weighted by atomic mass is 10.2. The van der Waals surface area contributed by atoms with Gasteiger partial charge in [0, 0.05) is 17.8 Å². The van der Waals surface area contributed by atoms with E-state index in [1.807, 2.05) is 12.1 Å². The van der Waals surface area contributed by atoms with Crippen LogP contribution in [0.25, 0.3) is 0 Å². The Labute approximate surface area is 99.2 Å². The van der Waals surface area contributed by atoms with E-state index in [1.165, 1.54) is 0 Å². The summed E-state index contributed by atoms with van der Waals surface area (Å²) in [4.78, 5) is 24.4. The van der Waals surface area contributed by atoms with Crippen molar-refractivity contribution in [3.05, 3.63) is 47.7 Å². The topological polar surface area (TPSA) is 57.6 Å². The molecule has 1 amide bonds. The fourth-order valence-electron chi connectivity index (χ4n) is 1.91. The third kappa shape index (κ3) is 2.53. The number of amides is 1. The van der Waals surface area contributed by atoms with Crippen molar-refractivity contribution in [2.75, 3.05) is 6.54 Å². The monoisotopic (exact) mass is 231 g/mol. The highest BCUT2D eigenvalue weighted by molar-refractivity contribution is 5.96. The van der Waals surface area contributed by atoms with Crippen LogP contribution in [0.4, 0.5) is 0 Å². The molecule has 2 rings (SSSR count). The van der Waals surface area contributed by atoms with E-state index in [0.717, 1.165) is 6.42 Å². The minimum atomic E-state index is -0.913. The number of carboxylic acid groups (broad SMARTS) is 1. The van der Waals surface area contributed by atoms with Crippen molar-refractivity contribution in [2.45, 2.75) is 12.8 Å². The highest BCUT2D eigenvalue weighted by Crippen LogP contribution is 2.20. The average Bonchev–Trinajstić information content (AvgIpc) is 2.76. The van der Waals surface area contributed by atoms with Crippen LogP contribution in [0.3, 0.4) is 0 Å². The molecule has 0 fully saturated rings. The summed E-state index contributed by atoms with van der Waals surface area (Å²) in [6, 6.07) is 8.90. The summed E-state index contributed by atoms with van der Waals surface area (Å²) in [5.41, 5.74) is 1.18. The van der Waals surface area contributed by atoms with E-state index in [2.05, 4.69) is 0 Å². The highest BCUT2D eigenvalue weighted by Gasteiger charge is 2.24. The van der Waals surface area contributed by atoms with Crippen LogP contribution in [0.15, 0.2) is 42.1 Å². The second kappa shape index (κ2) is 4.82. The van der Waals surface area contributed by atoms with Gasteiger partial charge in [-0.3, -0.25) is 9.59 Å². The predicted molar refractivity (Wildman–Crippen MR) is 62.4 cm³/mol. The molecule has 17 heavy (non-hydrogen) atoms. The van der Waals surface area contributed by atoms with Crippen molar-refractivity contribution in [2.24, 2.45) is 0 Å². The Morgan fingerprint density at radius 2 is 1.94 bits per heavy atom. The number of aliphatic carboxylic acids is 1. The Balaban J connectivity index is 2.15. The largest absolute Gasteiger partial charge is 0.481 e. The van der Waals surface area contributed by atoms with Crippen LogP contribution in [0, 0.1) is 0 Å². The van der Waals surface area contributed by atoms with Crippen LogP contribution in [-0.4, -0.2) is 28.4 Å². The normalized spacial score (nSPS) is 14.6. The lowest BCUT2D eigenvalue weighted by molar-refractivity contribution is -0.136. The summed E-state index contributed by atoms with van der Waals surface area (Å²) >= 11 is 0. The number of nitrogens with zero attached hydrogens (tertiary/aromatic N) is 1. The SMILES string of the molecule is O=C(O)CC1=CCCN1C(=O)c1ccccc1. The maximum absolute atomic E-state index is 12.1. The molecule has 0 spiro atoms. The number of carboxylic acids is 1. The number of carbonyl (C=O) groups excluding carboxylic acids is 1. The first-order valence-electron chi connectivity index (χ1n) is 5.46. The molecule has 88 valence electrons. The molecule has 0 saturated carbocycles. The van der Waals surface area contributed by atoms with Gasteiger partial charge in [0.15, 0.2) is 0 Å². The Bertz CT molecular complexity index is 465. The summed E-state index contributed by atoms with van der Waals surface area (Å²) in [6.45, 7) is 0.566. The van der Waals surface area contributed by atoms with Gasteiger partial charge in [0.25, 0.3) is 5.91 Å². The lowest BCUT2D eigenvalue weighted by Crippen LogP contribution is -2.28. The van der Waals surface area contributed by atoms with Gasteiger partial charge in [-0.15, -0.1) is 0 Å². The number of rotatable bonds is 3. The second-order valence-electron chi connectivity index (χ2n) is 3.88. The van der Waals surface area contributed by atoms with Gasteiger partial charge in [0.2, 0.25) is 0 Å². The van der Waals surface area contributed by atoms with Gasteiger partial charge >= 0.3 is 5.97 Å². The maximum Gasteiger partial charge on any atom is 0.309 e. The molecule has 1 aromatic carbocycles. The van der Waals surface area contributed by atoms with Crippen LogP contribution >= 0.6 is 0 Å². The van der Waals surface area contributed by atoms with E-state index >= 15 is 0 Å². The van der Waals surface area contributed by atoms with E-state index in [4.69, 9.17) is 5.11 Å². The van der Waals surface area contributed by atoms with Crippen molar-refractivity contribution in [1.29, 1.82) is 0 Å². The smallest absolute Gasteiger partial charge is 0.309 e. The molecular formula is C13H13NO3. The van der Waals surface area contributed by atoms with Gasteiger partial charge < -0.3 is 10.0 Å². The van der Waals surface area contributed by atoms with Crippen molar-refractivity contribution >= 4 is 11.9 Å². The summed E-state index contributed by atoms with van der Waals surface area (Å²) in [7, 11) is 0. The van der Waals surface area contributed by atoms with Crippen LogP contribution in [0.5, 0.6) is 0 Å². The standard InChI is InChI=1S/C13H13NO3/c15-12(16)9-11-7-4-8-14(11)13(17)10-5-2-1-3-6-10/h1-3,5-7H,4,8-9H2,(H,15,16). The fraction of sp³-hybridized carbons (Fsp3) is 0.231. The zero-order valence-electron chi connectivity index (χ0n) is 9.30. The van der Waals surface area contributed by atoms with Crippen molar-refractivity contribution in [1.82, 2.24) is 4.90 Å². The van der Waals surface area contributed by atoms with Gasteiger partial charge in [-0.2, -0.15) is 0 Å². The molecule has 0 atom stereocenters. The van der Waals surface area contributed by atoms with Crippen LogP contribution in [0.1, 0.15) is 23.2 Å². The van der Waals surface area contributed by atoms with Gasteiger partial charge in [0.1, 0.15) is 0 Å². The maximum atomic E-state index is 12.1. The molecule has 1 aliphatic heterocycles. The van der Waals surface area contributed by atoms with Gasteiger partial charge in [-0.25, -0.2) is 0 Å². The molecular weight excluding hydrogens is 218 g/mol. The Kier molecular flexibility index (Phi) is 3.23. The molecule has 0 radical (unpaired) electrons. The lowest BCUT2D eigenvalue weighted by Gasteiger charge is -2.19. The second-order valence-corrected chi connectivity index (χ2v) is 3.88. The van der Waals surface area contributed by atoms with E-state index in [1.54, 1.807) is 29.2 Å². The van der Waals surface area contributed by atoms with Crippen LogP contribution < -0.4 is 0 Å². The van der Waals surface area contributed by atoms with Crippen molar-refractivity contribution in [3.63, 3.8) is 0 Å². The molecule has 0 unspecified atom stereocenters. The van der Waals surface area contributed by atoms with Gasteiger partial charge in [-0.1, -0.05) is 24.3 Å². The van der Waals surface area contributed by atoms with Crippen LogP contribution in [-0.2, 0) is 4.79 Å². The summed E-state index contributed by atoms with van der Waals surface area (Å²) < 4.78 is 0. The summed E-state index contributed by atoms with van der Waals surface area (Å²) in [6.07, 6.45) is 2.44. The van der Waals surface area contributed by atoms with Gasteiger partial charge in [0.05, 0.1) is 6.42 Å². The van der Waals surface area contributed by atoms with Gasteiger partial charge in [-0.05, 0) is 18.6 Å². The third-order valence-corrected chi connectivity index (χ3v) is 2.68. The summed E-state index contributed by atoms with van der Waals surface area (Å²) in [5, 5.41) is 8.77. The molecule has 0 bridgehead atoms. The third-order valence-electron chi connectivity index (χ3n) is 2.68. The van der Waals surface area contributed by atoms with E-state index in [-0.39, 0.29) is 12.3 Å². The summed E-state index contributed by atoms with van der Waals surface area (Å²) in [5.74, 6) is -1.04. The zero-order chi connectivity index (χ0) is 12.3. The molecule has 1 N–H and O–H groups in total. The molecule has 0 saturated heterocycles. The molecule has 4 nitrogen and oxygen atoms in total. The number of carbonyl (C=O) groups is 2. The number of hydrogen-bond donors (Lipinski definition) is 1. The minimum absolute atomic E-state index is 0.0986. The molecule has 0 aromatic heterocycles. The number of benzene rings is 1. The Hall–Kier alpha value is -2.10. The quantitative estimate of drug-likeness (QED) is 0.864. The predicted octanol–water partition coefficient (Wildman–Crippen LogP) is 1.89. The Morgan fingerprint density at radius 3 is 2.59 bits per heavy atom. The molecule has 0 aliphatic carbocycles. The fourth-order valence-corrected chi connectivity index (χ4v) is 1.91. The first kappa shape index (κ1) is 11.4. The Morgan fingerprint density at radius 1 is 1.24 bits per heavy atom. The van der Waals surface area contributed by atoms with Crippen molar-refractivity contribution < 1.29 is 14.7 Å². The van der Waals surface area contributed by atoms with E-state index in [0.29, 0.717) is 17.8 Å². The molecule has 4 heteroatoms. The number of hydrogen-bond acceptors (Lipinski definition) is 2. The first-order chi connectivity index (χ1) is 8.18. The zero-order valence-corrected chi connectivity index (χ0v) is 9.30. The highest BCUT2D eigenvalue weighted by atomic mass is 16.4. The molecule has 1 heterocycles. The van der Waals surface area contributed by atoms with E-state index in [9.17, 15) is 9.59 Å².